The molecule has 0 bridgehead atoms. The van der Waals surface area contributed by atoms with Crippen LogP contribution in [0.3, 0.4) is 0 Å². The van der Waals surface area contributed by atoms with Crippen molar-refractivity contribution >= 4 is 23.1 Å². The first-order valence-electron chi connectivity index (χ1n) is 12.1. The molecule has 2 heterocycles. The van der Waals surface area contributed by atoms with E-state index >= 15 is 0 Å². The molecule has 37 heavy (non-hydrogen) atoms. The Morgan fingerprint density at radius 3 is 2.32 bits per heavy atom. The van der Waals surface area contributed by atoms with Crippen LogP contribution in [0.5, 0.6) is 17.2 Å². The zero-order valence-electron chi connectivity index (χ0n) is 21.3. The molecule has 7 nitrogen and oxygen atoms in total. The third kappa shape index (κ3) is 4.42. The second-order valence-corrected chi connectivity index (χ2v) is 10.1. The van der Waals surface area contributed by atoms with Crippen molar-refractivity contribution in [3.05, 3.63) is 89.0 Å². The third-order valence-corrected chi connectivity index (χ3v) is 6.68. The number of hydrogen-bond acceptors (Lipinski definition) is 6. The Labute approximate surface area is 215 Å². The van der Waals surface area contributed by atoms with E-state index in [0.29, 0.717) is 47.3 Å². The van der Waals surface area contributed by atoms with Gasteiger partial charge in [0.2, 0.25) is 0 Å². The van der Waals surface area contributed by atoms with Gasteiger partial charge in [-0.3, -0.25) is 14.5 Å². The van der Waals surface area contributed by atoms with Gasteiger partial charge in [0.05, 0.1) is 18.7 Å². The molecule has 1 unspecified atom stereocenters. The van der Waals surface area contributed by atoms with Crippen molar-refractivity contribution in [3.8, 4) is 17.2 Å². The zero-order valence-corrected chi connectivity index (χ0v) is 21.3. The minimum Gasteiger partial charge on any atom is -0.507 e. The fraction of sp³-hybridized carbons (Fsp3) is 0.267. The van der Waals surface area contributed by atoms with Crippen LogP contribution in [0, 0.1) is 0 Å². The summed E-state index contributed by atoms with van der Waals surface area (Å²) in [6, 6.07) is 18.9. The summed E-state index contributed by atoms with van der Waals surface area (Å²) in [7, 11) is 1.54. The van der Waals surface area contributed by atoms with E-state index < -0.39 is 17.7 Å². The van der Waals surface area contributed by atoms with Gasteiger partial charge in [0.15, 0.2) is 11.5 Å². The fourth-order valence-electron chi connectivity index (χ4n) is 4.69. The standard InChI is InChI=1S/C30H29NO6/c1-30(2,3)20-11-8-18(9-12-20)26-25(27(32)19-10-13-23-24(16-19)37-15-14-36-23)28(33)29(34)31(26)21-6-5-7-22(17-21)35-4/h5-13,16-17,26,32H,14-15H2,1-4H3/b27-25-. The second-order valence-electron chi connectivity index (χ2n) is 10.1. The van der Waals surface area contributed by atoms with Gasteiger partial charge in [-0.2, -0.15) is 0 Å². The molecule has 1 atom stereocenters. The predicted octanol–water partition coefficient (Wildman–Crippen LogP) is 5.39. The molecular formula is C30H29NO6. The van der Waals surface area contributed by atoms with Crippen LogP contribution in [0.2, 0.25) is 0 Å². The maximum atomic E-state index is 13.5. The number of hydrogen-bond donors (Lipinski definition) is 1. The van der Waals surface area contributed by atoms with Gasteiger partial charge in [0.1, 0.15) is 24.7 Å². The molecule has 3 aromatic rings. The molecule has 3 aromatic carbocycles. The molecule has 2 aliphatic heterocycles. The number of carbonyl (C=O) groups is 2. The molecule has 0 spiro atoms. The molecule has 2 aliphatic rings. The van der Waals surface area contributed by atoms with Gasteiger partial charge in [-0.15, -0.1) is 0 Å². The van der Waals surface area contributed by atoms with E-state index in [0.717, 1.165) is 5.56 Å². The van der Waals surface area contributed by atoms with Crippen LogP contribution in [-0.2, 0) is 15.0 Å². The number of ether oxygens (including phenoxy) is 3. The highest BCUT2D eigenvalue weighted by atomic mass is 16.6. The quantitative estimate of drug-likeness (QED) is 0.294. The van der Waals surface area contributed by atoms with Crippen molar-refractivity contribution in [1.82, 2.24) is 0 Å². The van der Waals surface area contributed by atoms with Crippen molar-refractivity contribution in [3.63, 3.8) is 0 Å². The van der Waals surface area contributed by atoms with E-state index in [2.05, 4.69) is 20.8 Å². The average Bonchev–Trinajstić information content (AvgIpc) is 3.17. The Hall–Kier alpha value is -4.26. The van der Waals surface area contributed by atoms with Crippen molar-refractivity contribution in [2.75, 3.05) is 25.2 Å². The topological polar surface area (TPSA) is 85.3 Å². The molecule has 0 aromatic heterocycles. The highest BCUT2D eigenvalue weighted by Gasteiger charge is 2.47. The monoisotopic (exact) mass is 499 g/mol. The van der Waals surface area contributed by atoms with Gasteiger partial charge in [0, 0.05) is 17.3 Å². The number of anilines is 1. The number of ketones is 1. The van der Waals surface area contributed by atoms with E-state index in [9.17, 15) is 14.7 Å². The lowest BCUT2D eigenvalue weighted by Crippen LogP contribution is -2.29. The van der Waals surface area contributed by atoms with Crippen molar-refractivity contribution in [2.24, 2.45) is 0 Å². The summed E-state index contributed by atoms with van der Waals surface area (Å²) in [5, 5.41) is 11.4. The highest BCUT2D eigenvalue weighted by molar-refractivity contribution is 6.51. The van der Waals surface area contributed by atoms with Gasteiger partial charge in [0.25, 0.3) is 11.7 Å². The SMILES string of the molecule is COc1cccc(N2C(=O)C(=O)/C(=C(\O)c3ccc4c(c3)OCCO4)C2c2ccc(C(C)(C)C)cc2)c1. The first-order valence-corrected chi connectivity index (χ1v) is 12.1. The van der Waals surface area contributed by atoms with E-state index in [1.165, 1.54) is 12.0 Å². The molecule has 5 rings (SSSR count). The number of nitrogens with zero attached hydrogens (tertiary/aromatic N) is 1. The number of methoxy groups -OCH3 is 1. The number of benzene rings is 3. The molecule has 1 fully saturated rings. The van der Waals surface area contributed by atoms with E-state index in [-0.39, 0.29) is 16.7 Å². The van der Waals surface area contributed by atoms with Crippen LogP contribution in [-0.4, -0.2) is 37.1 Å². The maximum Gasteiger partial charge on any atom is 0.300 e. The highest BCUT2D eigenvalue weighted by Crippen LogP contribution is 2.44. The summed E-state index contributed by atoms with van der Waals surface area (Å²) in [5.41, 5.74) is 2.61. The predicted molar refractivity (Wildman–Crippen MR) is 140 cm³/mol. The Kier molecular flexibility index (Phi) is 6.15. The number of aliphatic hydroxyl groups excluding tert-OH is 1. The average molecular weight is 500 g/mol. The third-order valence-electron chi connectivity index (χ3n) is 6.68. The molecule has 7 heteroatoms. The number of rotatable bonds is 4. The van der Waals surface area contributed by atoms with E-state index in [1.807, 2.05) is 24.3 Å². The van der Waals surface area contributed by atoms with Crippen molar-refractivity contribution in [1.29, 1.82) is 0 Å². The molecule has 1 saturated heterocycles. The van der Waals surface area contributed by atoms with Crippen molar-refractivity contribution < 1.29 is 28.9 Å². The number of carbonyl (C=O) groups excluding carboxylic acids is 2. The summed E-state index contributed by atoms with van der Waals surface area (Å²) < 4.78 is 16.6. The van der Waals surface area contributed by atoms with Crippen molar-refractivity contribution in [2.45, 2.75) is 32.2 Å². The Morgan fingerprint density at radius 1 is 0.946 bits per heavy atom. The summed E-state index contributed by atoms with van der Waals surface area (Å²) in [6.45, 7) is 7.18. The Balaban J connectivity index is 1.68. The minimum atomic E-state index is -0.839. The van der Waals surface area contributed by atoms with Gasteiger partial charge >= 0.3 is 0 Å². The van der Waals surface area contributed by atoms with Gasteiger partial charge in [-0.05, 0) is 46.9 Å². The van der Waals surface area contributed by atoms with Gasteiger partial charge < -0.3 is 19.3 Å². The number of amides is 1. The first-order chi connectivity index (χ1) is 17.7. The minimum absolute atomic E-state index is 0.00741. The molecule has 1 amide bonds. The molecule has 0 saturated carbocycles. The molecule has 0 aliphatic carbocycles. The van der Waals surface area contributed by atoms with Crippen LogP contribution in [0.25, 0.3) is 5.76 Å². The largest absolute Gasteiger partial charge is 0.507 e. The van der Waals surface area contributed by atoms with E-state index in [1.54, 1.807) is 42.5 Å². The molecule has 0 radical (unpaired) electrons. The maximum absolute atomic E-state index is 13.5. The van der Waals surface area contributed by atoms with Crippen LogP contribution < -0.4 is 19.1 Å². The summed E-state index contributed by atoms with van der Waals surface area (Å²) in [6.07, 6.45) is 0. The lowest BCUT2D eigenvalue weighted by molar-refractivity contribution is -0.132. The molecule has 190 valence electrons. The number of Topliss-reactive ketones (excluding diaryl/α,β-unsaturated/α-hetero) is 1. The molecular weight excluding hydrogens is 470 g/mol. The number of aliphatic hydroxyl groups is 1. The summed E-state index contributed by atoms with van der Waals surface area (Å²) in [5.74, 6) is -0.173. The van der Waals surface area contributed by atoms with E-state index in [4.69, 9.17) is 14.2 Å². The lowest BCUT2D eigenvalue weighted by Gasteiger charge is -2.27. The normalized spacial score (nSPS) is 18.7. The van der Waals surface area contributed by atoms with Crippen LogP contribution in [0.1, 0.15) is 43.5 Å². The smallest absolute Gasteiger partial charge is 0.300 e. The van der Waals surface area contributed by atoms with Crippen LogP contribution in [0.15, 0.2) is 72.3 Å². The Morgan fingerprint density at radius 2 is 1.65 bits per heavy atom. The Bertz CT molecular complexity index is 1400. The van der Waals surface area contributed by atoms with Crippen LogP contribution in [0.4, 0.5) is 5.69 Å². The van der Waals surface area contributed by atoms with Crippen LogP contribution >= 0.6 is 0 Å². The fourth-order valence-corrected chi connectivity index (χ4v) is 4.69. The van der Waals surface area contributed by atoms with Gasteiger partial charge in [-0.1, -0.05) is 51.1 Å². The summed E-state index contributed by atoms with van der Waals surface area (Å²) >= 11 is 0. The lowest BCUT2D eigenvalue weighted by atomic mass is 9.85. The second kappa shape index (κ2) is 9.32. The molecule has 1 N–H and O–H groups in total. The van der Waals surface area contributed by atoms with Gasteiger partial charge in [-0.25, -0.2) is 0 Å². The number of fused-ring (bicyclic) bond motifs is 1. The summed E-state index contributed by atoms with van der Waals surface area (Å²) in [4.78, 5) is 28.3. The first kappa shape index (κ1) is 24.4. The zero-order chi connectivity index (χ0) is 26.3.